The third-order valence-electron chi connectivity index (χ3n) is 1.77. The predicted octanol–water partition coefficient (Wildman–Crippen LogP) is 1.43. The zero-order valence-corrected chi connectivity index (χ0v) is 6.92. The van der Waals surface area contributed by atoms with Crippen LogP contribution >= 0.6 is 0 Å². The maximum atomic E-state index is 10.9. The molecule has 0 spiro atoms. The van der Waals surface area contributed by atoms with Crippen molar-refractivity contribution in [3.05, 3.63) is 12.7 Å². The first kappa shape index (κ1) is 9.21. The zero-order chi connectivity index (χ0) is 8.15. The monoisotopic (exact) mass is 141 g/mol. The van der Waals surface area contributed by atoms with Gasteiger partial charge in [0.05, 0.1) is 0 Å². The number of hydrogen-bond donors (Lipinski definition) is 0. The van der Waals surface area contributed by atoms with Crippen LogP contribution in [0.2, 0.25) is 0 Å². The normalized spacial score (nSPS) is 12.3. The van der Waals surface area contributed by atoms with E-state index in [0.29, 0.717) is 6.04 Å². The van der Waals surface area contributed by atoms with Gasteiger partial charge in [0.25, 0.3) is 0 Å². The van der Waals surface area contributed by atoms with Crippen molar-refractivity contribution in [1.29, 1.82) is 0 Å². The molecule has 0 aliphatic carbocycles. The van der Waals surface area contributed by atoms with E-state index in [1.807, 2.05) is 6.92 Å². The molecule has 0 bridgehead atoms. The van der Waals surface area contributed by atoms with Crippen molar-refractivity contribution in [3.63, 3.8) is 0 Å². The van der Waals surface area contributed by atoms with Crippen LogP contribution in [0.5, 0.6) is 0 Å². The van der Waals surface area contributed by atoms with Gasteiger partial charge in [0.2, 0.25) is 5.91 Å². The Balaban J connectivity index is 3.93. The van der Waals surface area contributed by atoms with Crippen LogP contribution in [-0.4, -0.2) is 23.9 Å². The first-order valence-corrected chi connectivity index (χ1v) is 3.52. The van der Waals surface area contributed by atoms with E-state index in [9.17, 15) is 4.79 Å². The van der Waals surface area contributed by atoms with Gasteiger partial charge in [-0.05, 0) is 19.4 Å². The fourth-order valence-corrected chi connectivity index (χ4v) is 0.635. The van der Waals surface area contributed by atoms with Crippen molar-refractivity contribution < 1.29 is 4.79 Å². The Bertz CT molecular complexity index is 131. The summed E-state index contributed by atoms with van der Waals surface area (Å²) in [7, 11) is 1.79. The molecule has 0 radical (unpaired) electrons. The lowest BCUT2D eigenvalue weighted by Gasteiger charge is -2.21. The van der Waals surface area contributed by atoms with Gasteiger partial charge in [-0.3, -0.25) is 4.79 Å². The average Bonchev–Trinajstić information content (AvgIpc) is 2.00. The lowest BCUT2D eigenvalue weighted by Crippen LogP contribution is -2.33. The molecule has 0 rings (SSSR count). The van der Waals surface area contributed by atoms with E-state index in [2.05, 4.69) is 13.5 Å². The van der Waals surface area contributed by atoms with Crippen LogP contribution in [0.3, 0.4) is 0 Å². The minimum atomic E-state index is -0.00523. The van der Waals surface area contributed by atoms with E-state index >= 15 is 0 Å². The highest BCUT2D eigenvalue weighted by atomic mass is 16.2. The molecule has 0 N–H and O–H groups in total. The van der Waals surface area contributed by atoms with Gasteiger partial charge in [-0.25, -0.2) is 0 Å². The summed E-state index contributed by atoms with van der Waals surface area (Å²) in [6, 6.07) is 0.311. The molecule has 0 fully saturated rings. The number of likely N-dealkylation sites (N-methyl/N-ethyl adjacent to an activating group) is 1. The topological polar surface area (TPSA) is 20.3 Å². The van der Waals surface area contributed by atoms with Crippen LogP contribution < -0.4 is 0 Å². The molecule has 0 saturated carbocycles. The summed E-state index contributed by atoms with van der Waals surface area (Å²) < 4.78 is 0. The second-order valence-electron chi connectivity index (χ2n) is 2.41. The molecular formula is C8H15NO. The van der Waals surface area contributed by atoms with Gasteiger partial charge in [-0.1, -0.05) is 13.5 Å². The zero-order valence-electron chi connectivity index (χ0n) is 6.92. The van der Waals surface area contributed by atoms with Gasteiger partial charge in [0, 0.05) is 13.1 Å². The van der Waals surface area contributed by atoms with Crippen molar-refractivity contribution in [2.45, 2.75) is 26.3 Å². The van der Waals surface area contributed by atoms with Gasteiger partial charge in [0.1, 0.15) is 0 Å². The summed E-state index contributed by atoms with van der Waals surface area (Å²) in [6.45, 7) is 7.48. The van der Waals surface area contributed by atoms with E-state index in [1.165, 1.54) is 6.08 Å². The molecule has 2 heteroatoms. The van der Waals surface area contributed by atoms with Crippen molar-refractivity contribution in [2.75, 3.05) is 7.05 Å². The van der Waals surface area contributed by atoms with Gasteiger partial charge in [0.15, 0.2) is 0 Å². The number of nitrogens with zero attached hydrogens (tertiary/aromatic N) is 1. The first-order valence-electron chi connectivity index (χ1n) is 3.52. The summed E-state index contributed by atoms with van der Waals surface area (Å²) in [5, 5.41) is 0. The molecule has 58 valence electrons. The molecule has 1 amide bonds. The predicted molar refractivity (Wildman–Crippen MR) is 42.7 cm³/mol. The average molecular weight is 141 g/mol. The number of hydrogen-bond acceptors (Lipinski definition) is 1. The van der Waals surface area contributed by atoms with E-state index in [0.717, 1.165) is 6.42 Å². The van der Waals surface area contributed by atoms with Crippen molar-refractivity contribution in [1.82, 2.24) is 4.90 Å². The van der Waals surface area contributed by atoms with E-state index < -0.39 is 0 Å². The highest BCUT2D eigenvalue weighted by Gasteiger charge is 2.09. The highest BCUT2D eigenvalue weighted by molar-refractivity contribution is 5.86. The fraction of sp³-hybridized carbons (Fsp3) is 0.625. The molecule has 0 aromatic carbocycles. The molecule has 10 heavy (non-hydrogen) atoms. The van der Waals surface area contributed by atoms with Gasteiger partial charge in [-0.2, -0.15) is 0 Å². The Morgan fingerprint density at radius 3 is 2.60 bits per heavy atom. The van der Waals surface area contributed by atoms with E-state index in [-0.39, 0.29) is 5.91 Å². The fourth-order valence-electron chi connectivity index (χ4n) is 0.635. The summed E-state index contributed by atoms with van der Waals surface area (Å²) in [4.78, 5) is 12.6. The number of amides is 1. The second kappa shape index (κ2) is 4.09. The molecule has 0 aliphatic heterocycles. The molecule has 0 heterocycles. The largest absolute Gasteiger partial charge is 0.340 e. The van der Waals surface area contributed by atoms with Crippen LogP contribution in [0.1, 0.15) is 20.3 Å². The van der Waals surface area contributed by atoms with Gasteiger partial charge < -0.3 is 4.90 Å². The van der Waals surface area contributed by atoms with Crippen molar-refractivity contribution >= 4 is 5.91 Å². The van der Waals surface area contributed by atoms with E-state index in [4.69, 9.17) is 0 Å². The summed E-state index contributed by atoms with van der Waals surface area (Å²) >= 11 is 0. The third kappa shape index (κ3) is 2.21. The maximum Gasteiger partial charge on any atom is 0.245 e. The van der Waals surface area contributed by atoms with Crippen molar-refractivity contribution in [3.8, 4) is 0 Å². The number of carbonyl (C=O) groups excluding carboxylic acids is 1. The Kier molecular flexibility index (Phi) is 3.77. The van der Waals surface area contributed by atoms with Gasteiger partial charge >= 0.3 is 0 Å². The van der Waals surface area contributed by atoms with Crippen LogP contribution in [0.25, 0.3) is 0 Å². The standard InChI is InChI=1S/C8H15NO/c1-5-7(3)9(4)8(10)6-2/h6-7H,2,5H2,1,3-4H3/t7-/m0/s1. The minimum Gasteiger partial charge on any atom is -0.340 e. The Labute approximate surface area is 62.5 Å². The van der Waals surface area contributed by atoms with Gasteiger partial charge in [-0.15, -0.1) is 0 Å². The summed E-state index contributed by atoms with van der Waals surface area (Å²) in [5.74, 6) is -0.00523. The van der Waals surface area contributed by atoms with Crippen LogP contribution in [0.4, 0.5) is 0 Å². The molecule has 0 aromatic heterocycles. The van der Waals surface area contributed by atoms with Crippen LogP contribution in [0.15, 0.2) is 12.7 Å². The second-order valence-corrected chi connectivity index (χ2v) is 2.41. The lowest BCUT2D eigenvalue weighted by atomic mass is 10.2. The van der Waals surface area contributed by atoms with Crippen molar-refractivity contribution in [2.24, 2.45) is 0 Å². The molecule has 2 nitrogen and oxygen atoms in total. The highest BCUT2D eigenvalue weighted by Crippen LogP contribution is 1.99. The lowest BCUT2D eigenvalue weighted by molar-refractivity contribution is -0.126. The SMILES string of the molecule is C=CC(=O)N(C)[C@@H](C)CC. The molecular weight excluding hydrogens is 126 g/mol. The quantitative estimate of drug-likeness (QED) is 0.544. The molecule has 1 atom stereocenters. The molecule has 0 aromatic rings. The smallest absolute Gasteiger partial charge is 0.245 e. The minimum absolute atomic E-state index is 0.00523. The first-order chi connectivity index (χ1) is 4.63. The molecule has 0 saturated heterocycles. The Morgan fingerprint density at radius 2 is 2.30 bits per heavy atom. The summed E-state index contributed by atoms with van der Waals surface area (Å²) in [5.41, 5.74) is 0. The summed E-state index contributed by atoms with van der Waals surface area (Å²) in [6.07, 6.45) is 2.32. The maximum absolute atomic E-state index is 10.9. The Morgan fingerprint density at radius 1 is 1.80 bits per heavy atom. The van der Waals surface area contributed by atoms with E-state index in [1.54, 1.807) is 11.9 Å². The number of carbonyl (C=O) groups is 1. The third-order valence-corrected chi connectivity index (χ3v) is 1.77. The molecule has 0 unspecified atom stereocenters. The van der Waals surface area contributed by atoms with Crippen LogP contribution in [-0.2, 0) is 4.79 Å². The Hall–Kier alpha value is -0.790. The number of rotatable bonds is 3. The molecule has 0 aliphatic rings. The van der Waals surface area contributed by atoms with Crippen LogP contribution in [0, 0.1) is 0 Å².